The molecule has 3 heterocycles. The average molecular weight is 433 g/mol. The first-order chi connectivity index (χ1) is 14.6. The molecule has 4 rings (SSSR count). The van der Waals surface area contributed by atoms with E-state index < -0.39 is 17.1 Å². The molecule has 0 aliphatic carbocycles. The fourth-order valence-corrected chi connectivity index (χ4v) is 2.76. The second-order valence-electron chi connectivity index (χ2n) is 6.25. The van der Waals surface area contributed by atoms with Crippen molar-refractivity contribution in [1.82, 2.24) is 19.7 Å². The van der Waals surface area contributed by atoms with Gasteiger partial charge in [0, 0.05) is 41.7 Å². The number of carboxylic acid groups (broad SMARTS) is 1. The molecule has 0 radical (unpaired) electrons. The van der Waals surface area contributed by atoms with Gasteiger partial charge < -0.3 is 10.1 Å². The Hall–Kier alpha value is -4.22. The zero-order valence-electron chi connectivity index (χ0n) is 15.6. The molecule has 31 heavy (non-hydrogen) atoms. The van der Waals surface area contributed by atoms with E-state index in [9.17, 15) is 23.3 Å². The van der Waals surface area contributed by atoms with E-state index in [4.69, 9.17) is 9.90 Å². The minimum Gasteiger partial charge on any atom is -0.475 e. The van der Waals surface area contributed by atoms with Crippen molar-refractivity contribution in [3.05, 3.63) is 76.9 Å². The van der Waals surface area contributed by atoms with Gasteiger partial charge in [0.05, 0.1) is 17.7 Å². The van der Waals surface area contributed by atoms with E-state index in [-0.39, 0.29) is 5.69 Å². The summed E-state index contributed by atoms with van der Waals surface area (Å²) in [6, 6.07) is 10.5. The number of alkyl halides is 3. The molecule has 0 aliphatic heterocycles. The lowest BCUT2D eigenvalue weighted by atomic mass is 10.1. The summed E-state index contributed by atoms with van der Waals surface area (Å²) in [6.45, 7) is 0.475. The van der Waals surface area contributed by atoms with Crippen LogP contribution in [-0.2, 0) is 11.3 Å². The fourth-order valence-electron chi connectivity index (χ4n) is 2.76. The molecule has 1 aromatic carbocycles. The number of aliphatic carboxylic acids is 1. The highest BCUT2D eigenvalue weighted by molar-refractivity contribution is 5.92. The van der Waals surface area contributed by atoms with Gasteiger partial charge in [-0.2, -0.15) is 18.3 Å². The van der Waals surface area contributed by atoms with Gasteiger partial charge in [-0.3, -0.25) is 14.8 Å². The number of aromatic nitrogens is 4. The number of benzene rings is 1. The van der Waals surface area contributed by atoms with Crippen LogP contribution >= 0.6 is 0 Å². The van der Waals surface area contributed by atoms with Crippen molar-refractivity contribution in [1.29, 1.82) is 0 Å². The molecule has 0 spiro atoms. The summed E-state index contributed by atoms with van der Waals surface area (Å²) in [7, 11) is 0. The summed E-state index contributed by atoms with van der Waals surface area (Å²) in [5, 5.41) is 23.4. The number of nitrogens with one attached hydrogen (secondary N) is 1. The number of fused-ring (bicyclic) bond motifs is 1. The second-order valence-corrected chi connectivity index (χ2v) is 6.25. The van der Waals surface area contributed by atoms with Crippen molar-refractivity contribution in [3.8, 4) is 11.1 Å². The zero-order valence-corrected chi connectivity index (χ0v) is 15.6. The Morgan fingerprint density at radius 2 is 2.00 bits per heavy atom. The number of carboxylic acids is 1. The van der Waals surface area contributed by atoms with Crippen LogP contribution in [0.3, 0.4) is 0 Å². The molecule has 0 aliphatic rings. The van der Waals surface area contributed by atoms with Crippen LogP contribution in [0.1, 0.15) is 5.56 Å². The summed E-state index contributed by atoms with van der Waals surface area (Å²) >= 11 is 0. The predicted octanol–water partition coefficient (Wildman–Crippen LogP) is 4.02. The van der Waals surface area contributed by atoms with E-state index in [1.807, 2.05) is 30.6 Å². The van der Waals surface area contributed by atoms with E-state index in [0.717, 1.165) is 27.7 Å². The third-order valence-corrected chi connectivity index (χ3v) is 4.11. The molecule has 3 aromatic heterocycles. The van der Waals surface area contributed by atoms with Crippen molar-refractivity contribution in [2.75, 3.05) is 0 Å². The van der Waals surface area contributed by atoms with E-state index in [0.29, 0.717) is 6.54 Å². The Kier molecular flexibility index (Phi) is 6.00. The first-order valence-electron chi connectivity index (χ1n) is 8.63. The number of pyridine rings is 1. The number of rotatable bonds is 4. The predicted molar refractivity (Wildman–Crippen MR) is 103 cm³/mol. The van der Waals surface area contributed by atoms with E-state index in [1.54, 1.807) is 29.2 Å². The lowest BCUT2D eigenvalue weighted by molar-refractivity contribution is -0.384. The summed E-state index contributed by atoms with van der Waals surface area (Å²) < 4.78 is 33.5. The maximum Gasteiger partial charge on any atom is 0.490 e. The summed E-state index contributed by atoms with van der Waals surface area (Å²) in [5.74, 6) is -2.76. The molecule has 9 nitrogen and oxygen atoms in total. The van der Waals surface area contributed by atoms with Crippen LogP contribution in [0.2, 0.25) is 0 Å². The van der Waals surface area contributed by atoms with Crippen molar-refractivity contribution in [3.63, 3.8) is 0 Å². The molecule has 160 valence electrons. The van der Waals surface area contributed by atoms with Crippen molar-refractivity contribution >= 4 is 22.7 Å². The largest absolute Gasteiger partial charge is 0.490 e. The number of nitrogens with zero attached hydrogens (tertiary/aromatic N) is 4. The van der Waals surface area contributed by atoms with Crippen LogP contribution in [0.15, 0.2) is 61.2 Å². The number of carbonyl (C=O) groups is 1. The Balaban J connectivity index is 0.000000339. The number of hydrogen-bond acceptors (Lipinski definition) is 5. The maximum atomic E-state index is 10.9. The normalized spacial score (nSPS) is 11.1. The van der Waals surface area contributed by atoms with Gasteiger partial charge in [0.25, 0.3) is 5.69 Å². The standard InChI is InChI=1S/C17H13N5O2.C2HF3O2/c23-22(24)14-3-1-2-12(8-14)10-21-11-13(9-20-21)15-4-6-18-17-16(15)5-7-19-17;3-2(4,5)1(6)7/h1-9,11H,10H2,(H,18,19);(H,6,7). The van der Waals surface area contributed by atoms with Crippen molar-refractivity contribution in [2.24, 2.45) is 0 Å². The summed E-state index contributed by atoms with van der Waals surface area (Å²) in [5.41, 5.74) is 3.78. The molecule has 12 heteroatoms. The van der Waals surface area contributed by atoms with Gasteiger partial charge in [-0.05, 0) is 23.3 Å². The molecule has 0 atom stereocenters. The monoisotopic (exact) mass is 433 g/mol. The van der Waals surface area contributed by atoms with Crippen LogP contribution in [0.25, 0.3) is 22.2 Å². The molecule has 2 N–H and O–H groups in total. The highest BCUT2D eigenvalue weighted by Crippen LogP contribution is 2.26. The van der Waals surface area contributed by atoms with Crippen LogP contribution in [0, 0.1) is 10.1 Å². The van der Waals surface area contributed by atoms with E-state index >= 15 is 0 Å². The second kappa shape index (κ2) is 8.65. The highest BCUT2D eigenvalue weighted by atomic mass is 19.4. The number of nitro benzene ring substituents is 1. The van der Waals surface area contributed by atoms with Crippen LogP contribution in [0.5, 0.6) is 0 Å². The van der Waals surface area contributed by atoms with Gasteiger partial charge in [0.1, 0.15) is 5.65 Å². The van der Waals surface area contributed by atoms with Gasteiger partial charge in [0.15, 0.2) is 0 Å². The minimum absolute atomic E-state index is 0.0862. The number of nitro groups is 1. The van der Waals surface area contributed by atoms with Crippen LogP contribution in [-0.4, -0.2) is 41.9 Å². The minimum atomic E-state index is -5.08. The maximum absolute atomic E-state index is 10.9. The lowest BCUT2D eigenvalue weighted by Crippen LogP contribution is -2.21. The Labute approximate surface area is 171 Å². The molecule has 4 aromatic rings. The first-order valence-corrected chi connectivity index (χ1v) is 8.63. The number of hydrogen-bond donors (Lipinski definition) is 2. The SMILES string of the molecule is O=C(O)C(F)(F)F.O=[N+]([O-])c1cccc(Cn2cc(-c3ccnc4[nH]ccc34)cn2)c1. The van der Waals surface area contributed by atoms with Gasteiger partial charge >= 0.3 is 12.1 Å². The number of non-ortho nitro benzene ring substituents is 1. The lowest BCUT2D eigenvalue weighted by Gasteiger charge is -2.02. The third kappa shape index (κ3) is 5.23. The van der Waals surface area contributed by atoms with Gasteiger partial charge in [-0.15, -0.1) is 0 Å². The molecule has 0 fully saturated rings. The van der Waals surface area contributed by atoms with E-state index in [1.165, 1.54) is 6.07 Å². The van der Waals surface area contributed by atoms with Crippen molar-refractivity contribution in [2.45, 2.75) is 12.7 Å². The average Bonchev–Trinajstić information content (AvgIpc) is 3.37. The molecular weight excluding hydrogens is 419 g/mol. The Morgan fingerprint density at radius 1 is 1.26 bits per heavy atom. The Morgan fingerprint density at radius 3 is 2.68 bits per heavy atom. The van der Waals surface area contributed by atoms with Crippen molar-refractivity contribution < 1.29 is 28.0 Å². The molecule has 0 amide bonds. The summed E-state index contributed by atoms with van der Waals surface area (Å²) in [4.78, 5) is 26.7. The highest BCUT2D eigenvalue weighted by Gasteiger charge is 2.38. The number of aromatic amines is 1. The number of halogens is 3. The molecule has 0 saturated carbocycles. The molecular formula is C19H14F3N5O4. The molecule has 0 bridgehead atoms. The molecule has 0 unspecified atom stereocenters. The van der Waals surface area contributed by atoms with Crippen LogP contribution < -0.4 is 0 Å². The zero-order chi connectivity index (χ0) is 22.6. The fraction of sp³-hybridized carbons (Fsp3) is 0.105. The quantitative estimate of drug-likeness (QED) is 0.370. The third-order valence-electron chi connectivity index (χ3n) is 4.11. The smallest absolute Gasteiger partial charge is 0.475 e. The Bertz CT molecular complexity index is 1230. The topological polar surface area (TPSA) is 127 Å². The molecule has 0 saturated heterocycles. The van der Waals surface area contributed by atoms with Gasteiger partial charge in [-0.25, -0.2) is 9.78 Å². The van der Waals surface area contributed by atoms with E-state index in [2.05, 4.69) is 15.1 Å². The van der Waals surface area contributed by atoms with Gasteiger partial charge in [-0.1, -0.05) is 12.1 Å². The summed E-state index contributed by atoms with van der Waals surface area (Å²) in [6.07, 6.45) is 2.25. The van der Waals surface area contributed by atoms with Crippen LogP contribution in [0.4, 0.5) is 18.9 Å². The van der Waals surface area contributed by atoms with Gasteiger partial charge in [0.2, 0.25) is 0 Å². The number of H-pyrrole nitrogens is 1. The first kappa shape index (κ1) is 21.5.